The second-order valence-electron chi connectivity index (χ2n) is 7.63. The molecule has 0 saturated heterocycles. The van der Waals surface area contributed by atoms with Gasteiger partial charge in [0.05, 0.1) is 17.2 Å². The number of nitrogens with zero attached hydrogens (tertiary/aromatic N) is 1. The number of imide groups is 1. The van der Waals surface area contributed by atoms with Crippen LogP contribution in [0.4, 0.5) is 8.78 Å². The number of fused-ring (bicyclic) bond motifs is 1. The molecule has 0 saturated carbocycles. The van der Waals surface area contributed by atoms with Crippen LogP contribution in [0.5, 0.6) is 0 Å². The monoisotopic (exact) mass is 434 g/mol. The average Bonchev–Trinajstić information content (AvgIpc) is 3.03. The first-order valence-corrected chi connectivity index (χ1v) is 10.1. The summed E-state index contributed by atoms with van der Waals surface area (Å²) in [5.74, 6) is -3.24. The van der Waals surface area contributed by atoms with Crippen molar-refractivity contribution in [3.63, 3.8) is 0 Å². The molecule has 0 aromatic heterocycles. The van der Waals surface area contributed by atoms with E-state index >= 15 is 0 Å². The zero-order valence-corrected chi connectivity index (χ0v) is 17.2. The second-order valence-corrected chi connectivity index (χ2v) is 7.63. The molecule has 162 valence electrons. The third-order valence-corrected chi connectivity index (χ3v) is 5.50. The number of benzene rings is 3. The van der Waals surface area contributed by atoms with Gasteiger partial charge >= 0.3 is 0 Å². The van der Waals surface area contributed by atoms with Gasteiger partial charge in [0.2, 0.25) is 5.91 Å². The number of carbonyl (C=O) groups excluding carboxylic acids is 3. The van der Waals surface area contributed by atoms with Crippen LogP contribution in [0.25, 0.3) is 0 Å². The van der Waals surface area contributed by atoms with Gasteiger partial charge in [-0.2, -0.15) is 0 Å². The topological polar surface area (TPSA) is 66.5 Å². The summed E-state index contributed by atoms with van der Waals surface area (Å²) >= 11 is 0. The number of hydrogen-bond donors (Lipinski definition) is 1. The van der Waals surface area contributed by atoms with Gasteiger partial charge in [0, 0.05) is 18.1 Å². The minimum atomic E-state index is -1.14. The third-order valence-electron chi connectivity index (χ3n) is 5.50. The second kappa shape index (κ2) is 8.70. The van der Waals surface area contributed by atoms with Crippen molar-refractivity contribution in [1.29, 1.82) is 0 Å². The molecule has 0 bridgehead atoms. The Morgan fingerprint density at radius 2 is 1.50 bits per heavy atom. The van der Waals surface area contributed by atoms with Crippen molar-refractivity contribution in [2.24, 2.45) is 0 Å². The highest BCUT2D eigenvalue weighted by Gasteiger charge is 2.42. The maximum atomic E-state index is 14.2. The van der Waals surface area contributed by atoms with Gasteiger partial charge in [-0.1, -0.05) is 48.5 Å². The van der Waals surface area contributed by atoms with Gasteiger partial charge < -0.3 is 5.32 Å². The molecule has 4 rings (SSSR count). The summed E-state index contributed by atoms with van der Waals surface area (Å²) in [5.41, 5.74) is 1.33. The molecular formula is C25H20F2N2O3. The van der Waals surface area contributed by atoms with E-state index < -0.39 is 41.4 Å². The number of rotatable bonds is 6. The molecule has 1 unspecified atom stereocenters. The van der Waals surface area contributed by atoms with Gasteiger partial charge in [0.25, 0.3) is 11.8 Å². The summed E-state index contributed by atoms with van der Waals surface area (Å²) in [6.45, 7) is 1.55. The lowest BCUT2D eigenvalue weighted by Crippen LogP contribution is -2.51. The summed E-state index contributed by atoms with van der Waals surface area (Å²) in [7, 11) is 0. The van der Waals surface area contributed by atoms with Crippen molar-refractivity contribution in [2.45, 2.75) is 25.4 Å². The summed E-state index contributed by atoms with van der Waals surface area (Å²) in [6, 6.07) is 16.5. The lowest BCUT2D eigenvalue weighted by molar-refractivity contribution is -0.125. The molecule has 1 heterocycles. The van der Waals surface area contributed by atoms with Crippen LogP contribution in [0.15, 0.2) is 72.8 Å². The Balaban J connectivity index is 1.65. The Bertz CT molecular complexity index is 1160. The summed E-state index contributed by atoms with van der Waals surface area (Å²) in [5, 5.41) is 2.67. The quantitative estimate of drug-likeness (QED) is 0.596. The summed E-state index contributed by atoms with van der Waals surface area (Å²) in [6.07, 6.45) is 0.0940. The normalized spacial score (nSPS) is 14.8. The molecule has 1 aliphatic rings. The Morgan fingerprint density at radius 3 is 2.09 bits per heavy atom. The molecule has 1 N–H and O–H groups in total. The van der Waals surface area contributed by atoms with E-state index in [-0.39, 0.29) is 23.1 Å². The first kappa shape index (κ1) is 21.4. The van der Waals surface area contributed by atoms with Gasteiger partial charge in [-0.15, -0.1) is 0 Å². The molecule has 5 nitrogen and oxygen atoms in total. The van der Waals surface area contributed by atoms with Crippen molar-refractivity contribution in [3.05, 3.63) is 107 Å². The van der Waals surface area contributed by atoms with Gasteiger partial charge in [0.15, 0.2) is 0 Å². The van der Waals surface area contributed by atoms with Crippen molar-refractivity contribution in [2.75, 3.05) is 0 Å². The molecule has 0 fully saturated rings. The van der Waals surface area contributed by atoms with Crippen molar-refractivity contribution in [1.82, 2.24) is 10.2 Å². The Morgan fingerprint density at radius 1 is 0.906 bits per heavy atom. The third kappa shape index (κ3) is 4.01. The summed E-state index contributed by atoms with van der Waals surface area (Å²) in [4.78, 5) is 40.3. The zero-order valence-electron chi connectivity index (χ0n) is 17.2. The van der Waals surface area contributed by atoms with Crippen LogP contribution in [0.1, 0.15) is 44.8 Å². The predicted octanol–water partition coefficient (Wildman–Crippen LogP) is 4.05. The highest BCUT2D eigenvalue weighted by molar-refractivity contribution is 6.22. The fourth-order valence-electron chi connectivity index (χ4n) is 3.87. The van der Waals surface area contributed by atoms with Crippen LogP contribution in [-0.2, 0) is 11.2 Å². The van der Waals surface area contributed by atoms with Crippen LogP contribution in [0.2, 0.25) is 0 Å². The van der Waals surface area contributed by atoms with Crippen LogP contribution >= 0.6 is 0 Å². The number of carbonyl (C=O) groups is 3. The molecule has 3 amide bonds. The van der Waals surface area contributed by atoms with E-state index in [0.29, 0.717) is 0 Å². The van der Waals surface area contributed by atoms with E-state index in [2.05, 4.69) is 5.32 Å². The SMILES string of the molecule is CC(NC(=O)[C@H](Cc1ccccc1)N1C(=O)c2ccccc2C1=O)c1ccc(F)cc1F. The molecule has 0 aliphatic carbocycles. The fraction of sp³-hybridized carbons (Fsp3) is 0.160. The molecule has 32 heavy (non-hydrogen) atoms. The smallest absolute Gasteiger partial charge is 0.262 e. The molecule has 1 aliphatic heterocycles. The number of hydrogen-bond acceptors (Lipinski definition) is 3. The molecule has 7 heteroatoms. The maximum absolute atomic E-state index is 14.2. The number of amides is 3. The highest BCUT2D eigenvalue weighted by Crippen LogP contribution is 2.27. The average molecular weight is 434 g/mol. The Kier molecular flexibility index (Phi) is 5.81. The standard InChI is InChI=1S/C25H20F2N2O3/c1-15(18-12-11-17(26)14-21(18)27)28-23(30)22(13-16-7-3-2-4-8-16)29-24(31)19-9-5-6-10-20(19)25(29)32/h2-12,14-15,22H,13H2,1H3,(H,28,30)/t15?,22-/m0/s1. The molecule has 3 aromatic carbocycles. The molecule has 2 atom stereocenters. The van der Waals surface area contributed by atoms with Gasteiger partial charge in [0.1, 0.15) is 17.7 Å². The van der Waals surface area contributed by atoms with Crippen molar-refractivity contribution < 1.29 is 23.2 Å². The lowest BCUT2D eigenvalue weighted by Gasteiger charge is -2.27. The number of halogens is 2. The van der Waals surface area contributed by atoms with Crippen LogP contribution in [-0.4, -0.2) is 28.7 Å². The highest BCUT2D eigenvalue weighted by atomic mass is 19.1. The minimum Gasteiger partial charge on any atom is -0.348 e. The first-order chi connectivity index (χ1) is 15.4. The van der Waals surface area contributed by atoms with E-state index in [1.54, 1.807) is 55.5 Å². The molecule has 0 radical (unpaired) electrons. The first-order valence-electron chi connectivity index (χ1n) is 10.1. The molecule has 0 spiro atoms. The molecule has 3 aromatic rings. The number of nitrogens with one attached hydrogen (secondary N) is 1. The van der Waals surface area contributed by atoms with E-state index in [9.17, 15) is 23.2 Å². The van der Waals surface area contributed by atoms with Crippen LogP contribution < -0.4 is 5.32 Å². The minimum absolute atomic E-state index is 0.0940. The Labute approximate surface area is 183 Å². The van der Waals surface area contributed by atoms with E-state index in [4.69, 9.17) is 0 Å². The van der Waals surface area contributed by atoms with E-state index in [1.807, 2.05) is 6.07 Å². The maximum Gasteiger partial charge on any atom is 0.262 e. The Hall–Kier alpha value is -3.87. The predicted molar refractivity (Wildman–Crippen MR) is 114 cm³/mol. The van der Waals surface area contributed by atoms with Crippen molar-refractivity contribution >= 4 is 17.7 Å². The largest absolute Gasteiger partial charge is 0.348 e. The van der Waals surface area contributed by atoms with Crippen LogP contribution in [0.3, 0.4) is 0 Å². The van der Waals surface area contributed by atoms with Gasteiger partial charge in [-0.25, -0.2) is 8.78 Å². The van der Waals surface area contributed by atoms with Crippen LogP contribution in [0, 0.1) is 11.6 Å². The van der Waals surface area contributed by atoms with Gasteiger partial charge in [-0.3, -0.25) is 19.3 Å². The lowest BCUT2D eigenvalue weighted by atomic mass is 10.0. The molecular weight excluding hydrogens is 414 g/mol. The fourth-order valence-corrected chi connectivity index (χ4v) is 3.87. The van der Waals surface area contributed by atoms with Crippen molar-refractivity contribution in [3.8, 4) is 0 Å². The van der Waals surface area contributed by atoms with Gasteiger partial charge in [-0.05, 0) is 30.7 Å². The zero-order chi connectivity index (χ0) is 22.8. The summed E-state index contributed by atoms with van der Waals surface area (Å²) < 4.78 is 27.4. The van der Waals surface area contributed by atoms with E-state index in [1.165, 1.54) is 6.07 Å². The van der Waals surface area contributed by atoms with E-state index in [0.717, 1.165) is 22.6 Å².